The SMILES string of the molecule is CNSOSNc1ccc(S(=O)(=O)NC(=O)C2=CC=CC(C)(C)C=C2)cc1. The van der Waals surface area contributed by atoms with Gasteiger partial charge in [-0.15, -0.1) is 0 Å². The van der Waals surface area contributed by atoms with Crippen LogP contribution in [-0.4, -0.2) is 21.4 Å². The molecule has 0 aromatic heterocycles. The Morgan fingerprint density at radius 3 is 2.48 bits per heavy atom. The Balaban J connectivity index is 2.02. The number of benzene rings is 1. The molecule has 0 aliphatic heterocycles. The van der Waals surface area contributed by atoms with Gasteiger partial charge in [0, 0.05) is 16.7 Å². The maximum atomic E-state index is 12.4. The fourth-order valence-corrected chi connectivity index (χ4v) is 3.78. The van der Waals surface area contributed by atoms with Crippen LogP contribution in [0, 0.1) is 5.41 Å². The first-order valence-electron chi connectivity index (χ1n) is 7.91. The van der Waals surface area contributed by atoms with Crippen LogP contribution in [0.15, 0.2) is 65.1 Å². The molecule has 2 rings (SSSR count). The first-order valence-corrected chi connectivity index (χ1v) is 10.9. The van der Waals surface area contributed by atoms with Crippen LogP contribution < -0.4 is 14.2 Å². The van der Waals surface area contributed by atoms with Crippen LogP contribution in [0.25, 0.3) is 0 Å². The van der Waals surface area contributed by atoms with Crippen molar-refractivity contribution >= 4 is 46.1 Å². The number of amides is 1. The molecule has 1 aliphatic carbocycles. The summed E-state index contributed by atoms with van der Waals surface area (Å²) in [6, 6.07) is 5.97. The number of anilines is 1. The van der Waals surface area contributed by atoms with Crippen LogP contribution in [0.3, 0.4) is 0 Å². The van der Waals surface area contributed by atoms with Crippen molar-refractivity contribution in [2.75, 3.05) is 11.8 Å². The van der Waals surface area contributed by atoms with Crippen molar-refractivity contribution in [3.8, 4) is 0 Å². The lowest BCUT2D eigenvalue weighted by molar-refractivity contribution is -0.115. The molecule has 0 spiro atoms. The molecule has 1 aromatic rings. The van der Waals surface area contributed by atoms with Gasteiger partial charge in [-0.25, -0.2) is 21.5 Å². The Morgan fingerprint density at radius 2 is 1.81 bits per heavy atom. The third-order valence-electron chi connectivity index (χ3n) is 3.46. The summed E-state index contributed by atoms with van der Waals surface area (Å²) in [5.41, 5.74) is 0.728. The number of hydrogen-bond acceptors (Lipinski definition) is 8. The van der Waals surface area contributed by atoms with E-state index in [0.717, 1.165) is 24.5 Å². The van der Waals surface area contributed by atoms with Crippen LogP contribution in [0.5, 0.6) is 0 Å². The molecule has 1 amide bonds. The summed E-state index contributed by atoms with van der Waals surface area (Å²) < 4.78 is 37.7. The Hall–Kier alpha value is -1.72. The van der Waals surface area contributed by atoms with E-state index < -0.39 is 15.9 Å². The molecule has 3 N–H and O–H groups in total. The monoisotopic (exact) mass is 427 g/mol. The van der Waals surface area contributed by atoms with Gasteiger partial charge in [-0.1, -0.05) is 38.2 Å². The van der Waals surface area contributed by atoms with E-state index in [4.69, 9.17) is 3.63 Å². The molecule has 1 aromatic carbocycles. The smallest absolute Gasteiger partial charge is 0.264 e. The van der Waals surface area contributed by atoms with Crippen LogP contribution >= 0.6 is 24.5 Å². The third-order valence-corrected chi connectivity index (χ3v) is 5.84. The number of carbonyl (C=O) groups is 1. The first kappa shape index (κ1) is 21.6. The van der Waals surface area contributed by atoms with Crippen LogP contribution in [0.2, 0.25) is 0 Å². The summed E-state index contributed by atoms with van der Waals surface area (Å²) in [6.07, 6.45) is 8.73. The highest BCUT2D eigenvalue weighted by Crippen LogP contribution is 2.23. The number of allylic oxidation sites excluding steroid dienone is 4. The predicted octanol–water partition coefficient (Wildman–Crippen LogP) is 3.34. The minimum absolute atomic E-state index is 0.00834. The van der Waals surface area contributed by atoms with Gasteiger partial charge in [-0.2, -0.15) is 0 Å². The Morgan fingerprint density at radius 1 is 1.11 bits per heavy atom. The van der Waals surface area contributed by atoms with Gasteiger partial charge in [0.25, 0.3) is 15.9 Å². The lowest BCUT2D eigenvalue weighted by Crippen LogP contribution is -2.31. The van der Waals surface area contributed by atoms with Crippen LogP contribution in [0.1, 0.15) is 13.8 Å². The van der Waals surface area contributed by atoms with E-state index in [1.165, 1.54) is 12.1 Å². The Bertz CT molecular complexity index is 860. The summed E-state index contributed by atoms with van der Waals surface area (Å²) in [4.78, 5) is 12.3. The van der Waals surface area contributed by atoms with E-state index in [1.54, 1.807) is 37.4 Å². The summed E-state index contributed by atoms with van der Waals surface area (Å²) in [5, 5.41) is 0. The predicted molar refractivity (Wildman–Crippen MR) is 111 cm³/mol. The maximum absolute atomic E-state index is 12.4. The molecule has 0 atom stereocenters. The molecule has 146 valence electrons. The number of rotatable bonds is 8. The highest BCUT2D eigenvalue weighted by atomic mass is 32.2. The molecule has 0 heterocycles. The molecule has 10 heteroatoms. The van der Waals surface area contributed by atoms with Crippen LogP contribution in [-0.2, 0) is 18.4 Å². The minimum Gasteiger partial charge on any atom is -0.306 e. The van der Waals surface area contributed by atoms with E-state index in [0.29, 0.717) is 5.69 Å². The van der Waals surface area contributed by atoms with E-state index in [-0.39, 0.29) is 15.9 Å². The molecule has 0 saturated heterocycles. The van der Waals surface area contributed by atoms with Crippen molar-refractivity contribution < 1.29 is 16.8 Å². The van der Waals surface area contributed by atoms with E-state index in [9.17, 15) is 13.2 Å². The van der Waals surface area contributed by atoms with Crippen molar-refractivity contribution in [2.24, 2.45) is 5.41 Å². The summed E-state index contributed by atoms with van der Waals surface area (Å²) in [6.45, 7) is 3.98. The van der Waals surface area contributed by atoms with E-state index in [1.807, 2.05) is 26.0 Å². The average molecular weight is 428 g/mol. The average Bonchev–Trinajstić information content (AvgIpc) is 2.79. The normalized spacial score (nSPS) is 15.7. The van der Waals surface area contributed by atoms with Gasteiger partial charge in [0.2, 0.25) is 0 Å². The van der Waals surface area contributed by atoms with Crippen molar-refractivity contribution in [3.05, 3.63) is 60.2 Å². The number of carbonyl (C=O) groups excluding carboxylic acids is 1. The molecule has 0 saturated carbocycles. The molecule has 0 bridgehead atoms. The summed E-state index contributed by atoms with van der Waals surface area (Å²) >= 11 is 2.03. The molecule has 0 unspecified atom stereocenters. The van der Waals surface area contributed by atoms with Gasteiger partial charge in [0.15, 0.2) is 0 Å². The van der Waals surface area contributed by atoms with Crippen molar-refractivity contribution in [1.82, 2.24) is 9.44 Å². The van der Waals surface area contributed by atoms with Gasteiger partial charge in [0.1, 0.15) is 12.2 Å². The molecule has 0 fully saturated rings. The van der Waals surface area contributed by atoms with Gasteiger partial charge < -0.3 is 4.72 Å². The number of hydrogen-bond donors (Lipinski definition) is 3. The second kappa shape index (κ2) is 9.47. The topological polar surface area (TPSA) is 96.5 Å². The van der Waals surface area contributed by atoms with E-state index >= 15 is 0 Å². The van der Waals surface area contributed by atoms with Crippen LogP contribution in [0.4, 0.5) is 5.69 Å². The zero-order valence-corrected chi connectivity index (χ0v) is 17.5. The maximum Gasteiger partial charge on any atom is 0.264 e. The standard InChI is InChI=1S/C17H21N3O4S3/c1-17(2)11-4-5-13(10-12-17)16(21)20-27(22,23)15-8-6-14(7-9-15)19-26-24-25-18-3/h4-12,18-19H,1-3H3,(H,20,21). The molecule has 27 heavy (non-hydrogen) atoms. The van der Waals surface area contributed by atoms with Crippen molar-refractivity contribution in [3.63, 3.8) is 0 Å². The highest BCUT2D eigenvalue weighted by molar-refractivity contribution is 8.07. The van der Waals surface area contributed by atoms with Gasteiger partial charge >= 0.3 is 0 Å². The zero-order chi connectivity index (χ0) is 19.9. The number of nitrogens with one attached hydrogen (secondary N) is 3. The molecular formula is C17H21N3O4S3. The summed E-state index contributed by atoms with van der Waals surface area (Å²) in [7, 11) is -2.25. The first-order chi connectivity index (χ1) is 12.7. The van der Waals surface area contributed by atoms with Crippen molar-refractivity contribution in [1.29, 1.82) is 0 Å². The van der Waals surface area contributed by atoms with Gasteiger partial charge in [-0.05, 0) is 37.4 Å². The lowest BCUT2D eigenvalue weighted by Gasteiger charge is -2.12. The van der Waals surface area contributed by atoms with E-state index in [2.05, 4.69) is 14.2 Å². The summed E-state index contributed by atoms with van der Waals surface area (Å²) in [5.74, 6) is -0.677. The van der Waals surface area contributed by atoms with Gasteiger partial charge in [-0.3, -0.25) is 4.79 Å². The quantitative estimate of drug-likeness (QED) is 0.330. The van der Waals surface area contributed by atoms with Gasteiger partial charge in [0.05, 0.1) is 17.1 Å². The molecule has 1 aliphatic rings. The second-order valence-electron chi connectivity index (χ2n) is 6.14. The zero-order valence-electron chi connectivity index (χ0n) is 15.1. The Labute approximate surface area is 168 Å². The fraction of sp³-hybridized carbons (Fsp3) is 0.235. The molecule has 0 radical (unpaired) electrons. The number of sulfonamides is 1. The largest absolute Gasteiger partial charge is 0.306 e. The highest BCUT2D eigenvalue weighted by Gasteiger charge is 2.20. The second-order valence-corrected chi connectivity index (χ2v) is 9.31. The third kappa shape index (κ3) is 6.74. The minimum atomic E-state index is -3.97. The van der Waals surface area contributed by atoms with Crippen molar-refractivity contribution in [2.45, 2.75) is 18.7 Å². The fourth-order valence-electron chi connectivity index (χ4n) is 2.03. The molecule has 7 nitrogen and oxygen atoms in total. The Kier molecular flexibility index (Phi) is 7.57. The molecular weight excluding hydrogens is 406 g/mol. The lowest BCUT2D eigenvalue weighted by atomic mass is 9.93.